The number of likely N-dealkylation sites (tertiary alicyclic amines) is 2. The van der Waals surface area contributed by atoms with Crippen LogP contribution in [0, 0.1) is 17.7 Å². The fourth-order valence-electron chi connectivity index (χ4n) is 4.72. The molecule has 0 bridgehead atoms. The lowest BCUT2D eigenvalue weighted by Gasteiger charge is -2.30. The minimum atomic E-state index is -0.272. The summed E-state index contributed by atoms with van der Waals surface area (Å²) in [6.45, 7) is 6.04. The molecule has 8 heteroatoms. The first-order valence-corrected chi connectivity index (χ1v) is 9.73. The quantitative estimate of drug-likeness (QED) is 0.755. The molecule has 3 heterocycles. The standard InChI is InChI=1S/C20H26FN5O2/c1-3-26-18(22-13-23-26)11-24-8-15-9-25(19(27)12-28-2)20(17(15)10-24)14-5-4-6-16(21)7-14/h4-7,13,15,17,20H,3,8-12H2,1-2H3/t15-,17-,20+/m1/s1. The molecule has 7 nitrogen and oxygen atoms in total. The molecule has 0 N–H and O–H groups in total. The van der Waals surface area contributed by atoms with Gasteiger partial charge in [0.1, 0.15) is 24.6 Å². The summed E-state index contributed by atoms with van der Waals surface area (Å²) >= 11 is 0. The first-order valence-electron chi connectivity index (χ1n) is 9.73. The molecular weight excluding hydrogens is 361 g/mol. The lowest BCUT2D eigenvalue weighted by Crippen LogP contribution is -2.37. The summed E-state index contributed by atoms with van der Waals surface area (Å²) in [4.78, 5) is 21.3. The van der Waals surface area contributed by atoms with Crippen molar-refractivity contribution in [2.75, 3.05) is 33.4 Å². The van der Waals surface area contributed by atoms with Crippen molar-refractivity contribution < 1.29 is 13.9 Å². The van der Waals surface area contributed by atoms with Crippen molar-refractivity contribution in [3.63, 3.8) is 0 Å². The minimum absolute atomic E-state index is 0.0385. The van der Waals surface area contributed by atoms with E-state index < -0.39 is 0 Å². The molecule has 0 spiro atoms. The summed E-state index contributed by atoms with van der Waals surface area (Å²) in [5, 5.41) is 4.25. The second-order valence-corrected chi connectivity index (χ2v) is 7.59. The maximum Gasteiger partial charge on any atom is 0.249 e. The van der Waals surface area contributed by atoms with Crippen LogP contribution in [-0.2, 0) is 22.6 Å². The van der Waals surface area contributed by atoms with E-state index in [4.69, 9.17) is 4.74 Å². The Morgan fingerprint density at radius 3 is 2.93 bits per heavy atom. The second kappa shape index (κ2) is 7.97. The average Bonchev–Trinajstić information content (AvgIpc) is 3.36. The molecule has 28 heavy (non-hydrogen) atoms. The highest BCUT2D eigenvalue weighted by molar-refractivity contribution is 5.78. The molecule has 0 unspecified atom stereocenters. The molecule has 1 aromatic carbocycles. The zero-order valence-electron chi connectivity index (χ0n) is 16.3. The van der Waals surface area contributed by atoms with E-state index in [1.54, 1.807) is 18.5 Å². The molecule has 0 radical (unpaired) electrons. The summed E-state index contributed by atoms with van der Waals surface area (Å²) in [6, 6.07) is 6.50. The number of hydrogen-bond donors (Lipinski definition) is 0. The Balaban J connectivity index is 1.56. The van der Waals surface area contributed by atoms with Crippen LogP contribution < -0.4 is 0 Å². The Hall–Kier alpha value is -2.32. The molecule has 2 aliphatic rings. The number of carbonyl (C=O) groups is 1. The van der Waals surface area contributed by atoms with Gasteiger partial charge in [0.25, 0.3) is 0 Å². The molecule has 3 atom stereocenters. The number of amides is 1. The highest BCUT2D eigenvalue weighted by atomic mass is 19.1. The number of aromatic nitrogens is 3. The third-order valence-corrected chi connectivity index (χ3v) is 5.88. The second-order valence-electron chi connectivity index (χ2n) is 7.59. The van der Waals surface area contributed by atoms with E-state index in [1.165, 1.54) is 13.2 Å². The summed E-state index contributed by atoms with van der Waals surface area (Å²) in [5.41, 5.74) is 0.857. The van der Waals surface area contributed by atoms with Crippen molar-refractivity contribution in [3.05, 3.63) is 47.8 Å². The number of rotatable bonds is 6. The van der Waals surface area contributed by atoms with Crippen LogP contribution in [0.1, 0.15) is 24.4 Å². The maximum absolute atomic E-state index is 13.9. The SMILES string of the molecule is CCn1ncnc1CN1C[C@@H]2CN(C(=O)COC)[C@@H](c3cccc(F)c3)[C@@H]2C1. The predicted molar refractivity (Wildman–Crippen MR) is 101 cm³/mol. The Bertz CT molecular complexity index is 842. The van der Waals surface area contributed by atoms with Crippen molar-refractivity contribution >= 4 is 5.91 Å². The van der Waals surface area contributed by atoms with E-state index in [0.717, 1.165) is 37.6 Å². The molecule has 2 fully saturated rings. The van der Waals surface area contributed by atoms with Crippen molar-refractivity contribution in [2.24, 2.45) is 11.8 Å². The summed E-state index contributed by atoms with van der Waals surface area (Å²) in [5.74, 6) is 1.26. The average molecular weight is 387 g/mol. The molecule has 1 amide bonds. The Morgan fingerprint density at radius 2 is 2.18 bits per heavy atom. The third-order valence-electron chi connectivity index (χ3n) is 5.88. The van der Waals surface area contributed by atoms with Crippen molar-refractivity contribution in [1.82, 2.24) is 24.6 Å². The monoisotopic (exact) mass is 387 g/mol. The van der Waals surface area contributed by atoms with Gasteiger partial charge in [-0.15, -0.1) is 0 Å². The van der Waals surface area contributed by atoms with Gasteiger partial charge in [-0.2, -0.15) is 5.10 Å². The molecular formula is C20H26FN5O2. The van der Waals surface area contributed by atoms with Crippen LogP contribution in [0.2, 0.25) is 0 Å². The van der Waals surface area contributed by atoms with Gasteiger partial charge in [-0.05, 0) is 30.5 Å². The van der Waals surface area contributed by atoms with Crippen LogP contribution in [0.25, 0.3) is 0 Å². The smallest absolute Gasteiger partial charge is 0.249 e. The Labute approximate surface area is 164 Å². The number of halogens is 1. The van der Waals surface area contributed by atoms with Crippen LogP contribution in [0.4, 0.5) is 4.39 Å². The molecule has 4 rings (SSSR count). The topological polar surface area (TPSA) is 63.5 Å². The fourth-order valence-corrected chi connectivity index (χ4v) is 4.72. The van der Waals surface area contributed by atoms with Gasteiger partial charge in [0.2, 0.25) is 5.91 Å². The normalized spacial score (nSPS) is 24.7. The molecule has 1 aromatic heterocycles. The van der Waals surface area contributed by atoms with Crippen molar-refractivity contribution in [3.8, 4) is 0 Å². The molecule has 2 aliphatic heterocycles. The van der Waals surface area contributed by atoms with Crippen LogP contribution in [0.3, 0.4) is 0 Å². The predicted octanol–water partition coefficient (Wildman–Crippen LogP) is 1.72. The van der Waals surface area contributed by atoms with E-state index in [1.807, 2.05) is 15.6 Å². The van der Waals surface area contributed by atoms with E-state index in [-0.39, 0.29) is 30.3 Å². The lowest BCUT2D eigenvalue weighted by molar-refractivity contribution is -0.136. The van der Waals surface area contributed by atoms with Gasteiger partial charge in [0.15, 0.2) is 0 Å². The first kappa shape index (κ1) is 19.0. The van der Waals surface area contributed by atoms with Crippen LogP contribution in [-0.4, -0.2) is 63.8 Å². The third kappa shape index (κ3) is 3.54. The summed E-state index contributed by atoms with van der Waals surface area (Å²) < 4.78 is 20.9. The van der Waals surface area contributed by atoms with E-state index in [9.17, 15) is 9.18 Å². The van der Waals surface area contributed by atoms with Gasteiger partial charge in [-0.1, -0.05) is 12.1 Å². The molecule has 0 saturated carbocycles. The van der Waals surface area contributed by atoms with Crippen LogP contribution in [0.5, 0.6) is 0 Å². The van der Waals surface area contributed by atoms with Crippen molar-refractivity contribution in [1.29, 1.82) is 0 Å². The molecule has 0 aliphatic carbocycles. The number of ether oxygens (including phenoxy) is 1. The van der Waals surface area contributed by atoms with Crippen LogP contribution >= 0.6 is 0 Å². The zero-order valence-corrected chi connectivity index (χ0v) is 16.3. The number of carbonyl (C=O) groups excluding carboxylic acids is 1. The van der Waals surface area contributed by atoms with Gasteiger partial charge < -0.3 is 9.64 Å². The first-order chi connectivity index (χ1) is 13.6. The summed E-state index contributed by atoms with van der Waals surface area (Å²) in [6.07, 6.45) is 1.59. The number of methoxy groups -OCH3 is 1. The number of aryl methyl sites for hydroxylation is 1. The summed E-state index contributed by atoms with van der Waals surface area (Å²) in [7, 11) is 1.53. The highest BCUT2D eigenvalue weighted by Crippen LogP contribution is 2.45. The van der Waals surface area contributed by atoms with E-state index >= 15 is 0 Å². The minimum Gasteiger partial charge on any atom is -0.375 e. The number of benzene rings is 1. The number of nitrogens with zero attached hydrogens (tertiary/aromatic N) is 5. The lowest BCUT2D eigenvalue weighted by atomic mass is 9.89. The maximum atomic E-state index is 13.9. The van der Waals surface area contributed by atoms with Gasteiger partial charge >= 0.3 is 0 Å². The zero-order chi connectivity index (χ0) is 19.7. The Morgan fingerprint density at radius 1 is 1.32 bits per heavy atom. The molecule has 2 aromatic rings. The van der Waals surface area contributed by atoms with Gasteiger partial charge in [0.05, 0.1) is 12.6 Å². The van der Waals surface area contributed by atoms with Gasteiger partial charge in [0, 0.05) is 39.2 Å². The fraction of sp³-hybridized carbons (Fsp3) is 0.550. The Kier molecular flexibility index (Phi) is 5.41. The molecule has 2 saturated heterocycles. The largest absolute Gasteiger partial charge is 0.375 e. The van der Waals surface area contributed by atoms with Gasteiger partial charge in [-0.25, -0.2) is 14.1 Å². The van der Waals surface area contributed by atoms with Crippen LogP contribution in [0.15, 0.2) is 30.6 Å². The van der Waals surface area contributed by atoms with E-state index in [2.05, 4.69) is 21.9 Å². The number of fused-ring (bicyclic) bond motifs is 1. The number of hydrogen-bond acceptors (Lipinski definition) is 5. The van der Waals surface area contributed by atoms with E-state index in [0.29, 0.717) is 12.5 Å². The van der Waals surface area contributed by atoms with Gasteiger partial charge in [-0.3, -0.25) is 9.69 Å². The van der Waals surface area contributed by atoms with Crippen molar-refractivity contribution in [2.45, 2.75) is 26.1 Å². The highest BCUT2D eigenvalue weighted by Gasteiger charge is 2.49. The molecule has 150 valence electrons.